The fraction of sp³-hybridized carbons (Fsp3) is 0.550. The van der Waals surface area contributed by atoms with Gasteiger partial charge in [-0.05, 0) is 43.9 Å². The second-order valence-corrected chi connectivity index (χ2v) is 6.19. The fourth-order valence-corrected chi connectivity index (χ4v) is 3.03. The predicted molar refractivity (Wildman–Crippen MR) is 105 cm³/mol. The molecule has 0 spiro atoms. The molecule has 1 aromatic carbocycles. The molecule has 1 atom stereocenters. The number of aliphatic imine (C=N–C) groups is 1. The molecule has 2 N–H and O–H groups in total. The summed E-state index contributed by atoms with van der Waals surface area (Å²) in [5.41, 5.74) is 2.11. The number of allylic oxidation sites excluding steroid dienone is 1. The van der Waals surface area contributed by atoms with Gasteiger partial charge in [0.2, 0.25) is 0 Å². The Labute approximate surface area is 156 Å². The maximum atomic E-state index is 5.66. The minimum Gasteiger partial charge on any atom is -0.493 e. The summed E-state index contributed by atoms with van der Waals surface area (Å²) in [5.74, 6) is 2.26. The Kier molecular flexibility index (Phi) is 8.28. The first-order chi connectivity index (χ1) is 12.7. The first kappa shape index (κ1) is 20.1. The van der Waals surface area contributed by atoms with Gasteiger partial charge in [-0.1, -0.05) is 6.08 Å². The summed E-state index contributed by atoms with van der Waals surface area (Å²) in [5, 5.41) is 6.64. The molecule has 26 heavy (non-hydrogen) atoms. The molecule has 6 heteroatoms. The highest BCUT2D eigenvalue weighted by Crippen LogP contribution is 2.33. The van der Waals surface area contributed by atoms with Gasteiger partial charge in [-0.15, -0.1) is 6.58 Å². The summed E-state index contributed by atoms with van der Waals surface area (Å²) in [6.07, 6.45) is 5.09. The van der Waals surface area contributed by atoms with E-state index in [4.69, 9.17) is 19.2 Å². The molecule has 0 bridgehead atoms. The first-order valence-corrected chi connectivity index (χ1v) is 9.20. The van der Waals surface area contributed by atoms with Crippen molar-refractivity contribution >= 4 is 5.96 Å². The molecule has 144 valence electrons. The molecule has 1 aliphatic rings. The van der Waals surface area contributed by atoms with Crippen LogP contribution in [-0.4, -0.2) is 46.0 Å². The third-order valence-corrected chi connectivity index (χ3v) is 4.26. The van der Waals surface area contributed by atoms with E-state index in [1.165, 1.54) is 0 Å². The van der Waals surface area contributed by atoms with Gasteiger partial charge in [0.15, 0.2) is 17.5 Å². The van der Waals surface area contributed by atoms with Crippen molar-refractivity contribution in [2.75, 3.05) is 33.9 Å². The summed E-state index contributed by atoms with van der Waals surface area (Å²) in [6, 6.07) is 4.06. The van der Waals surface area contributed by atoms with Crippen molar-refractivity contribution in [3.63, 3.8) is 0 Å². The van der Waals surface area contributed by atoms with E-state index in [0.29, 0.717) is 13.0 Å². The Morgan fingerprint density at radius 1 is 1.35 bits per heavy atom. The zero-order valence-electron chi connectivity index (χ0n) is 16.1. The maximum absolute atomic E-state index is 5.66. The summed E-state index contributed by atoms with van der Waals surface area (Å²) in [4.78, 5) is 4.69. The molecule has 0 aliphatic carbocycles. The van der Waals surface area contributed by atoms with Crippen LogP contribution in [0.1, 0.15) is 30.9 Å². The number of hydrogen-bond donors (Lipinski definition) is 2. The Hall–Kier alpha value is -2.21. The monoisotopic (exact) mass is 361 g/mol. The molecule has 1 heterocycles. The highest BCUT2D eigenvalue weighted by molar-refractivity contribution is 5.79. The zero-order chi connectivity index (χ0) is 18.8. The summed E-state index contributed by atoms with van der Waals surface area (Å²) in [6.45, 7) is 8.87. The van der Waals surface area contributed by atoms with E-state index in [1.54, 1.807) is 14.2 Å². The van der Waals surface area contributed by atoms with Crippen LogP contribution in [0.5, 0.6) is 11.5 Å². The van der Waals surface area contributed by atoms with Crippen molar-refractivity contribution in [2.24, 2.45) is 4.99 Å². The largest absolute Gasteiger partial charge is 0.493 e. The van der Waals surface area contributed by atoms with Crippen LogP contribution in [0.15, 0.2) is 29.8 Å². The molecule has 1 unspecified atom stereocenters. The van der Waals surface area contributed by atoms with Crippen LogP contribution in [0.3, 0.4) is 0 Å². The first-order valence-electron chi connectivity index (χ1n) is 9.20. The van der Waals surface area contributed by atoms with Crippen LogP contribution < -0.4 is 20.1 Å². The quantitative estimate of drug-likeness (QED) is 0.402. The van der Waals surface area contributed by atoms with Crippen molar-refractivity contribution in [1.82, 2.24) is 10.6 Å². The number of nitrogens with one attached hydrogen (secondary N) is 2. The number of guanidine groups is 1. The normalized spacial score (nSPS) is 17.0. The van der Waals surface area contributed by atoms with Crippen molar-refractivity contribution in [3.8, 4) is 11.5 Å². The lowest BCUT2D eigenvalue weighted by Crippen LogP contribution is -2.41. The second kappa shape index (κ2) is 10.7. The van der Waals surface area contributed by atoms with Crippen molar-refractivity contribution in [2.45, 2.75) is 38.8 Å². The van der Waals surface area contributed by atoms with Gasteiger partial charge in [-0.2, -0.15) is 0 Å². The van der Waals surface area contributed by atoms with E-state index in [-0.39, 0.29) is 6.10 Å². The topological polar surface area (TPSA) is 64.1 Å². The minimum atomic E-state index is 0.277. The van der Waals surface area contributed by atoms with Gasteiger partial charge in [0.25, 0.3) is 0 Å². The molecule has 2 rings (SSSR count). The molecule has 1 fully saturated rings. The molecule has 0 saturated carbocycles. The van der Waals surface area contributed by atoms with Crippen LogP contribution in [0.25, 0.3) is 0 Å². The van der Waals surface area contributed by atoms with E-state index in [9.17, 15) is 0 Å². The van der Waals surface area contributed by atoms with Crippen molar-refractivity contribution < 1.29 is 14.2 Å². The number of nitrogens with zero attached hydrogens (tertiary/aromatic N) is 1. The molecule has 6 nitrogen and oxygen atoms in total. The van der Waals surface area contributed by atoms with Gasteiger partial charge in [-0.3, -0.25) is 0 Å². The molecule has 0 amide bonds. The second-order valence-electron chi connectivity index (χ2n) is 6.19. The number of ether oxygens (including phenoxy) is 3. The third kappa shape index (κ3) is 5.66. The van der Waals surface area contributed by atoms with Crippen LogP contribution >= 0.6 is 0 Å². The lowest BCUT2D eigenvalue weighted by molar-refractivity contribution is 0.114. The number of benzene rings is 1. The predicted octanol–water partition coefficient (Wildman–Crippen LogP) is 2.67. The Bertz CT molecular complexity index is 611. The summed E-state index contributed by atoms with van der Waals surface area (Å²) >= 11 is 0. The Morgan fingerprint density at radius 2 is 2.19 bits per heavy atom. The van der Waals surface area contributed by atoms with Gasteiger partial charge >= 0.3 is 0 Å². The summed E-state index contributed by atoms with van der Waals surface area (Å²) < 4.78 is 16.6. The van der Waals surface area contributed by atoms with Gasteiger partial charge in [-0.25, -0.2) is 4.99 Å². The highest BCUT2D eigenvalue weighted by atomic mass is 16.5. The minimum absolute atomic E-state index is 0.277. The van der Waals surface area contributed by atoms with Crippen molar-refractivity contribution in [3.05, 3.63) is 35.9 Å². The lowest BCUT2D eigenvalue weighted by atomic mass is 10.1. The fourth-order valence-electron chi connectivity index (χ4n) is 3.03. The van der Waals surface area contributed by atoms with Crippen LogP contribution in [0, 0.1) is 0 Å². The van der Waals surface area contributed by atoms with Gasteiger partial charge in [0.1, 0.15) is 0 Å². The van der Waals surface area contributed by atoms with Gasteiger partial charge in [0.05, 0.1) is 26.9 Å². The SMILES string of the molecule is C=CCc1cc(CN=C(NCC)NCC2CCCO2)cc(OC)c1OC. The molecular formula is C20H31N3O3. The molecule has 1 aromatic rings. The van der Waals surface area contributed by atoms with Crippen LogP contribution in [-0.2, 0) is 17.7 Å². The van der Waals surface area contributed by atoms with E-state index in [0.717, 1.165) is 61.1 Å². The average molecular weight is 361 g/mol. The molecular weight excluding hydrogens is 330 g/mol. The van der Waals surface area contributed by atoms with E-state index < -0.39 is 0 Å². The average Bonchev–Trinajstić information content (AvgIpc) is 3.17. The Morgan fingerprint density at radius 3 is 2.81 bits per heavy atom. The molecule has 1 aliphatic heterocycles. The third-order valence-electron chi connectivity index (χ3n) is 4.26. The number of hydrogen-bond acceptors (Lipinski definition) is 4. The smallest absolute Gasteiger partial charge is 0.191 e. The standard InChI is InChI=1S/C20H31N3O3/c1-5-8-16-11-15(12-18(24-3)19(16)25-4)13-22-20(21-6-2)23-14-17-9-7-10-26-17/h5,11-12,17H,1,6-10,13-14H2,2-4H3,(H2,21,22,23). The molecule has 0 radical (unpaired) electrons. The van der Waals surface area contributed by atoms with Gasteiger partial charge in [0, 0.05) is 25.3 Å². The zero-order valence-corrected chi connectivity index (χ0v) is 16.1. The maximum Gasteiger partial charge on any atom is 0.191 e. The number of methoxy groups -OCH3 is 2. The lowest BCUT2D eigenvalue weighted by Gasteiger charge is -2.16. The van der Waals surface area contributed by atoms with Crippen molar-refractivity contribution in [1.29, 1.82) is 0 Å². The van der Waals surface area contributed by atoms with E-state index in [2.05, 4.69) is 30.2 Å². The highest BCUT2D eigenvalue weighted by Gasteiger charge is 2.16. The van der Waals surface area contributed by atoms with Gasteiger partial charge < -0.3 is 24.8 Å². The Balaban J connectivity index is 2.10. The van der Waals surface area contributed by atoms with Crippen LogP contribution in [0.2, 0.25) is 0 Å². The number of rotatable bonds is 9. The van der Waals surface area contributed by atoms with E-state index >= 15 is 0 Å². The van der Waals surface area contributed by atoms with E-state index in [1.807, 2.05) is 12.1 Å². The molecule has 1 saturated heterocycles. The molecule has 0 aromatic heterocycles. The summed E-state index contributed by atoms with van der Waals surface area (Å²) in [7, 11) is 3.30. The van der Waals surface area contributed by atoms with Crippen LogP contribution in [0.4, 0.5) is 0 Å².